The van der Waals surface area contributed by atoms with Crippen molar-refractivity contribution in [3.8, 4) is 0 Å². The molecule has 0 saturated heterocycles. The van der Waals surface area contributed by atoms with Gasteiger partial charge in [0.25, 0.3) is 0 Å². The van der Waals surface area contributed by atoms with Crippen molar-refractivity contribution in [3.05, 3.63) is 28.8 Å². The van der Waals surface area contributed by atoms with Crippen molar-refractivity contribution in [2.24, 2.45) is 0 Å². The van der Waals surface area contributed by atoms with Crippen molar-refractivity contribution in [1.82, 2.24) is 4.31 Å². The fourth-order valence-electron chi connectivity index (χ4n) is 2.33. The predicted molar refractivity (Wildman–Crippen MR) is 81.2 cm³/mol. The molecule has 0 aliphatic heterocycles. The van der Waals surface area contributed by atoms with E-state index < -0.39 is 10.0 Å². The van der Waals surface area contributed by atoms with Gasteiger partial charge >= 0.3 is 0 Å². The number of hydrogen-bond acceptors (Lipinski definition) is 3. The normalized spacial score (nSPS) is 12.4. The van der Waals surface area contributed by atoms with Crippen molar-refractivity contribution in [3.63, 3.8) is 0 Å². The summed E-state index contributed by atoms with van der Waals surface area (Å²) >= 11 is 0. The van der Waals surface area contributed by atoms with Crippen molar-refractivity contribution < 1.29 is 13.5 Å². The summed E-state index contributed by atoms with van der Waals surface area (Å²) in [6, 6.07) is 3.34. The number of hydrogen-bond donors (Lipinski definition) is 1. The van der Waals surface area contributed by atoms with E-state index in [0.717, 1.165) is 17.5 Å². The van der Waals surface area contributed by atoms with Gasteiger partial charge in [-0.15, -0.1) is 0 Å². The highest BCUT2D eigenvalue weighted by Crippen LogP contribution is 2.25. The van der Waals surface area contributed by atoms with Crippen LogP contribution in [0.15, 0.2) is 17.0 Å². The molecule has 0 amide bonds. The van der Waals surface area contributed by atoms with Gasteiger partial charge in [-0.25, -0.2) is 8.42 Å². The van der Waals surface area contributed by atoms with E-state index in [1.165, 1.54) is 4.31 Å². The zero-order chi connectivity index (χ0) is 15.5. The molecule has 0 fully saturated rings. The van der Waals surface area contributed by atoms with Gasteiger partial charge in [0.05, 0.1) is 11.5 Å². The SMILES string of the molecule is CCCN(C(C)C)S(=O)(=O)c1cc(CO)c(C)cc1C. The van der Waals surface area contributed by atoms with Crippen LogP contribution in [-0.4, -0.2) is 30.4 Å². The van der Waals surface area contributed by atoms with Gasteiger partial charge in [-0.2, -0.15) is 4.31 Å². The number of rotatable bonds is 6. The summed E-state index contributed by atoms with van der Waals surface area (Å²) in [6.07, 6.45) is 0.773. The monoisotopic (exact) mass is 299 g/mol. The minimum atomic E-state index is -3.52. The van der Waals surface area contributed by atoms with Crippen molar-refractivity contribution in [1.29, 1.82) is 0 Å². The summed E-state index contributed by atoms with van der Waals surface area (Å²) in [5.74, 6) is 0. The number of aliphatic hydroxyl groups excluding tert-OH is 1. The van der Waals surface area contributed by atoms with Gasteiger partial charge in [0.1, 0.15) is 0 Å². The van der Waals surface area contributed by atoms with E-state index in [0.29, 0.717) is 17.0 Å². The molecular weight excluding hydrogens is 274 g/mol. The Hall–Kier alpha value is -0.910. The Morgan fingerprint density at radius 2 is 1.80 bits per heavy atom. The first kappa shape index (κ1) is 17.1. The molecular formula is C15H25NO3S. The number of aryl methyl sites for hydroxylation is 2. The molecule has 1 rings (SSSR count). The first-order valence-electron chi connectivity index (χ1n) is 6.98. The molecule has 1 aromatic rings. The third kappa shape index (κ3) is 3.40. The third-order valence-electron chi connectivity index (χ3n) is 3.41. The number of sulfonamides is 1. The highest BCUT2D eigenvalue weighted by Gasteiger charge is 2.28. The summed E-state index contributed by atoms with van der Waals surface area (Å²) in [4.78, 5) is 0.300. The molecule has 0 atom stereocenters. The zero-order valence-electron chi connectivity index (χ0n) is 13.0. The molecule has 1 N–H and O–H groups in total. The molecule has 0 saturated carbocycles. The fraction of sp³-hybridized carbons (Fsp3) is 0.600. The van der Waals surface area contributed by atoms with Gasteiger partial charge < -0.3 is 5.11 Å². The Balaban J connectivity index is 3.40. The topological polar surface area (TPSA) is 57.6 Å². The molecule has 0 aliphatic rings. The molecule has 5 heteroatoms. The van der Waals surface area contributed by atoms with Crippen molar-refractivity contribution in [2.75, 3.05) is 6.54 Å². The summed E-state index contributed by atoms with van der Waals surface area (Å²) in [7, 11) is -3.52. The fourth-order valence-corrected chi connectivity index (χ4v) is 4.31. The molecule has 114 valence electrons. The average Bonchev–Trinajstić information content (AvgIpc) is 2.35. The second kappa shape index (κ2) is 6.70. The Morgan fingerprint density at radius 1 is 1.20 bits per heavy atom. The van der Waals surface area contributed by atoms with Gasteiger partial charge in [-0.05, 0) is 56.9 Å². The van der Waals surface area contributed by atoms with Gasteiger partial charge in [-0.1, -0.05) is 13.0 Å². The molecule has 0 unspecified atom stereocenters. The van der Waals surface area contributed by atoms with Gasteiger partial charge in [0.2, 0.25) is 10.0 Å². The zero-order valence-corrected chi connectivity index (χ0v) is 13.8. The molecule has 0 radical (unpaired) electrons. The van der Waals surface area contributed by atoms with E-state index in [-0.39, 0.29) is 12.6 Å². The van der Waals surface area contributed by atoms with Gasteiger partial charge in [0.15, 0.2) is 0 Å². The molecule has 0 aromatic heterocycles. The van der Waals surface area contributed by atoms with E-state index in [1.807, 2.05) is 33.8 Å². The highest BCUT2D eigenvalue weighted by molar-refractivity contribution is 7.89. The lowest BCUT2D eigenvalue weighted by atomic mass is 10.1. The smallest absolute Gasteiger partial charge is 0.243 e. The largest absolute Gasteiger partial charge is 0.392 e. The summed E-state index contributed by atoms with van der Waals surface area (Å²) < 4.78 is 27.1. The lowest BCUT2D eigenvalue weighted by Gasteiger charge is -2.26. The Morgan fingerprint density at radius 3 is 2.25 bits per heavy atom. The minimum absolute atomic E-state index is 0.0850. The van der Waals surface area contributed by atoms with E-state index in [1.54, 1.807) is 13.0 Å². The molecule has 0 heterocycles. The molecule has 4 nitrogen and oxygen atoms in total. The Bertz CT molecular complexity index is 565. The molecule has 1 aromatic carbocycles. The molecule has 0 aliphatic carbocycles. The van der Waals surface area contributed by atoms with Crippen LogP contribution in [0.2, 0.25) is 0 Å². The van der Waals surface area contributed by atoms with E-state index in [4.69, 9.17) is 0 Å². The third-order valence-corrected chi connectivity index (χ3v) is 5.63. The maximum Gasteiger partial charge on any atom is 0.243 e. The van der Waals surface area contributed by atoms with Gasteiger partial charge in [0, 0.05) is 12.6 Å². The molecule has 0 bridgehead atoms. The van der Waals surface area contributed by atoms with Crippen molar-refractivity contribution >= 4 is 10.0 Å². The van der Waals surface area contributed by atoms with Crippen LogP contribution in [0, 0.1) is 13.8 Å². The lowest BCUT2D eigenvalue weighted by Crippen LogP contribution is -2.37. The lowest BCUT2D eigenvalue weighted by molar-refractivity contribution is 0.280. The molecule has 0 spiro atoms. The van der Waals surface area contributed by atoms with Crippen LogP contribution in [0.5, 0.6) is 0 Å². The van der Waals surface area contributed by atoms with Crippen LogP contribution < -0.4 is 0 Å². The number of nitrogens with zero attached hydrogens (tertiary/aromatic N) is 1. The highest BCUT2D eigenvalue weighted by atomic mass is 32.2. The van der Waals surface area contributed by atoms with Crippen LogP contribution in [-0.2, 0) is 16.6 Å². The van der Waals surface area contributed by atoms with Crippen molar-refractivity contribution in [2.45, 2.75) is 58.6 Å². The van der Waals surface area contributed by atoms with Crippen LogP contribution in [0.1, 0.15) is 43.9 Å². The van der Waals surface area contributed by atoms with Crippen LogP contribution >= 0.6 is 0 Å². The second-order valence-electron chi connectivity index (χ2n) is 5.41. The quantitative estimate of drug-likeness (QED) is 0.878. The van der Waals surface area contributed by atoms with Crippen LogP contribution in [0.25, 0.3) is 0 Å². The maximum absolute atomic E-state index is 12.8. The first-order chi connectivity index (χ1) is 9.25. The van der Waals surface area contributed by atoms with Crippen LogP contribution in [0.3, 0.4) is 0 Å². The number of benzene rings is 1. The first-order valence-corrected chi connectivity index (χ1v) is 8.42. The predicted octanol–water partition coefficient (Wildman–Crippen LogP) is 2.60. The van der Waals surface area contributed by atoms with Gasteiger partial charge in [-0.3, -0.25) is 0 Å². The van der Waals surface area contributed by atoms with E-state index >= 15 is 0 Å². The second-order valence-corrected chi connectivity index (χ2v) is 7.27. The minimum Gasteiger partial charge on any atom is -0.392 e. The Labute approximate surface area is 122 Å². The summed E-state index contributed by atoms with van der Waals surface area (Å²) in [6.45, 7) is 9.75. The van der Waals surface area contributed by atoms with Crippen LogP contribution in [0.4, 0.5) is 0 Å². The summed E-state index contributed by atoms with van der Waals surface area (Å²) in [5.41, 5.74) is 2.30. The maximum atomic E-state index is 12.8. The van der Waals surface area contributed by atoms with E-state index in [9.17, 15) is 13.5 Å². The standard InChI is InChI=1S/C15H25NO3S/c1-6-7-16(11(2)3)20(18,19)15-9-14(10-17)12(4)8-13(15)5/h8-9,11,17H,6-7,10H2,1-5H3. The van der Waals surface area contributed by atoms with E-state index in [2.05, 4.69) is 0 Å². The molecule has 20 heavy (non-hydrogen) atoms. The number of aliphatic hydroxyl groups is 1. The summed E-state index contributed by atoms with van der Waals surface area (Å²) in [5, 5.41) is 9.34. The Kier molecular flexibility index (Phi) is 5.74. The average molecular weight is 299 g/mol.